The maximum atomic E-state index is 12.0. The highest BCUT2D eigenvalue weighted by atomic mass is 35.5. The zero-order chi connectivity index (χ0) is 15.0. The lowest BCUT2D eigenvalue weighted by atomic mass is 10.2. The fraction of sp³-hybridized carbons (Fsp3) is 0.357. The molecule has 1 saturated carbocycles. The lowest BCUT2D eigenvalue weighted by Crippen LogP contribution is -2.38. The minimum atomic E-state index is -0.485. The van der Waals surface area contributed by atoms with E-state index in [9.17, 15) is 14.9 Å². The number of nitrogens with zero attached hydrogens (tertiary/aromatic N) is 1. The van der Waals surface area contributed by atoms with E-state index in [1.54, 1.807) is 0 Å². The van der Waals surface area contributed by atoms with E-state index in [1.165, 1.54) is 24.3 Å². The number of hydrogen-bond acceptors (Lipinski definition) is 5. The summed E-state index contributed by atoms with van der Waals surface area (Å²) in [6.07, 6.45) is 2.23. The molecular weight excluding hydrogens is 310 g/mol. The van der Waals surface area contributed by atoms with E-state index in [4.69, 9.17) is 10.2 Å². The third kappa shape index (κ3) is 3.37. The zero-order valence-corrected chi connectivity index (χ0v) is 12.5. The number of nitro groups is 1. The molecule has 2 aromatic rings. The molecule has 1 aliphatic carbocycles. The van der Waals surface area contributed by atoms with Crippen molar-refractivity contribution in [3.8, 4) is 0 Å². The fourth-order valence-electron chi connectivity index (χ4n) is 2.24. The first-order valence-electron chi connectivity index (χ1n) is 6.76. The Morgan fingerprint density at radius 3 is 2.82 bits per heavy atom. The number of carbonyl (C=O) groups is 1. The molecule has 1 aromatic carbocycles. The molecule has 0 saturated heterocycles. The first-order valence-corrected chi connectivity index (χ1v) is 6.76. The molecule has 1 amide bonds. The van der Waals surface area contributed by atoms with Crippen LogP contribution in [0.15, 0.2) is 28.7 Å². The summed E-state index contributed by atoms with van der Waals surface area (Å²) in [5.74, 6) is 0.280. The van der Waals surface area contributed by atoms with Gasteiger partial charge in [-0.25, -0.2) is 0 Å². The molecule has 0 spiro atoms. The van der Waals surface area contributed by atoms with Crippen LogP contribution in [0.25, 0.3) is 11.0 Å². The molecule has 0 bridgehead atoms. The molecule has 1 fully saturated rings. The van der Waals surface area contributed by atoms with Crippen molar-refractivity contribution < 1.29 is 14.1 Å². The normalized spacial score (nSPS) is 15.1. The standard InChI is InChI=1S/C14H15N3O4.ClH/c15-11(8-1-2-8)7-16-14(18)13-6-9-5-10(17(19)20)3-4-12(9)21-13;/h3-6,8,11H,1-2,7,15H2,(H,16,18);1H. The average Bonchev–Trinajstić information content (AvgIpc) is 3.22. The largest absolute Gasteiger partial charge is 0.451 e. The predicted octanol–water partition coefficient (Wildman–Crippen LogP) is 2.23. The average molecular weight is 326 g/mol. The molecule has 3 rings (SSSR count). The number of amides is 1. The Bertz CT molecular complexity index is 711. The molecular formula is C14H16ClN3O4. The van der Waals surface area contributed by atoms with Crippen LogP contribution >= 0.6 is 12.4 Å². The first kappa shape index (κ1) is 16.3. The molecule has 1 unspecified atom stereocenters. The van der Waals surface area contributed by atoms with E-state index in [1.807, 2.05) is 0 Å². The van der Waals surface area contributed by atoms with Crippen LogP contribution in [0.5, 0.6) is 0 Å². The molecule has 0 radical (unpaired) electrons. The first-order chi connectivity index (χ1) is 10.0. The summed E-state index contributed by atoms with van der Waals surface area (Å²) in [5.41, 5.74) is 6.32. The van der Waals surface area contributed by atoms with Crippen molar-refractivity contribution in [1.82, 2.24) is 5.32 Å². The maximum Gasteiger partial charge on any atom is 0.287 e. The Morgan fingerprint density at radius 2 is 2.18 bits per heavy atom. The topological polar surface area (TPSA) is 111 Å². The quantitative estimate of drug-likeness (QED) is 0.646. The van der Waals surface area contributed by atoms with E-state index in [0.717, 1.165) is 12.8 Å². The van der Waals surface area contributed by atoms with Gasteiger partial charge >= 0.3 is 0 Å². The van der Waals surface area contributed by atoms with Crippen LogP contribution in [0.4, 0.5) is 5.69 Å². The van der Waals surface area contributed by atoms with E-state index < -0.39 is 4.92 Å². The van der Waals surface area contributed by atoms with Crippen LogP contribution in [-0.2, 0) is 0 Å². The third-order valence-corrected chi connectivity index (χ3v) is 3.66. The van der Waals surface area contributed by atoms with Crippen LogP contribution in [0.2, 0.25) is 0 Å². The molecule has 8 heteroatoms. The molecule has 1 atom stereocenters. The highest BCUT2D eigenvalue weighted by molar-refractivity contribution is 5.96. The number of furan rings is 1. The van der Waals surface area contributed by atoms with Gasteiger partial charge in [0.25, 0.3) is 11.6 Å². The van der Waals surface area contributed by atoms with Gasteiger partial charge in [0.1, 0.15) is 5.58 Å². The van der Waals surface area contributed by atoms with Gasteiger partial charge in [0, 0.05) is 30.1 Å². The van der Waals surface area contributed by atoms with Gasteiger partial charge in [0.05, 0.1) is 4.92 Å². The summed E-state index contributed by atoms with van der Waals surface area (Å²) in [4.78, 5) is 22.2. The predicted molar refractivity (Wildman–Crippen MR) is 83.1 cm³/mol. The number of halogens is 1. The van der Waals surface area contributed by atoms with Crippen LogP contribution < -0.4 is 11.1 Å². The van der Waals surface area contributed by atoms with Crippen molar-refractivity contribution in [2.75, 3.05) is 6.54 Å². The highest BCUT2D eigenvalue weighted by Gasteiger charge is 2.28. The number of rotatable bonds is 5. The van der Waals surface area contributed by atoms with E-state index in [-0.39, 0.29) is 35.8 Å². The summed E-state index contributed by atoms with van der Waals surface area (Å²) in [6.45, 7) is 0.403. The number of nitro benzene ring substituents is 1. The minimum absolute atomic E-state index is 0. The maximum absolute atomic E-state index is 12.0. The third-order valence-electron chi connectivity index (χ3n) is 3.66. The molecule has 1 heterocycles. The number of hydrogen-bond donors (Lipinski definition) is 2. The molecule has 3 N–H and O–H groups in total. The van der Waals surface area contributed by atoms with Crippen LogP contribution in [0.1, 0.15) is 23.4 Å². The number of benzene rings is 1. The lowest BCUT2D eigenvalue weighted by molar-refractivity contribution is -0.384. The van der Waals surface area contributed by atoms with Gasteiger partial charge in [-0.3, -0.25) is 14.9 Å². The highest BCUT2D eigenvalue weighted by Crippen LogP contribution is 2.31. The number of nitrogens with two attached hydrogens (primary N) is 1. The van der Waals surface area contributed by atoms with Gasteiger partial charge in [-0.05, 0) is 30.9 Å². The van der Waals surface area contributed by atoms with E-state index in [0.29, 0.717) is 23.4 Å². The van der Waals surface area contributed by atoms with Gasteiger partial charge < -0.3 is 15.5 Å². The summed E-state index contributed by atoms with van der Waals surface area (Å²) in [5, 5.41) is 14.0. The van der Waals surface area contributed by atoms with Crippen LogP contribution in [0, 0.1) is 16.0 Å². The smallest absolute Gasteiger partial charge is 0.287 e. The number of non-ortho nitro benzene ring substituents is 1. The van der Waals surface area contributed by atoms with Crippen molar-refractivity contribution in [3.63, 3.8) is 0 Å². The van der Waals surface area contributed by atoms with Gasteiger partial charge in [0.15, 0.2) is 5.76 Å². The van der Waals surface area contributed by atoms with Crippen molar-refractivity contribution >= 4 is 35.0 Å². The molecule has 7 nitrogen and oxygen atoms in total. The fourth-order valence-corrected chi connectivity index (χ4v) is 2.24. The Balaban J connectivity index is 0.00000176. The van der Waals surface area contributed by atoms with E-state index in [2.05, 4.69) is 5.32 Å². The summed E-state index contributed by atoms with van der Waals surface area (Å²) in [7, 11) is 0. The lowest BCUT2D eigenvalue weighted by Gasteiger charge is -2.10. The monoisotopic (exact) mass is 325 g/mol. The summed E-state index contributed by atoms with van der Waals surface area (Å²) >= 11 is 0. The molecule has 22 heavy (non-hydrogen) atoms. The second-order valence-electron chi connectivity index (χ2n) is 5.30. The Labute approximate surface area is 132 Å². The molecule has 0 aliphatic heterocycles. The molecule has 118 valence electrons. The number of carbonyl (C=O) groups excluding carboxylic acids is 1. The minimum Gasteiger partial charge on any atom is -0.451 e. The van der Waals surface area contributed by atoms with Gasteiger partial charge in [-0.2, -0.15) is 0 Å². The van der Waals surface area contributed by atoms with Crippen molar-refractivity contribution in [2.45, 2.75) is 18.9 Å². The number of nitrogens with one attached hydrogen (secondary N) is 1. The van der Waals surface area contributed by atoms with Gasteiger partial charge in [-0.15, -0.1) is 12.4 Å². The summed E-state index contributed by atoms with van der Waals surface area (Å²) in [6, 6.07) is 5.68. The second-order valence-corrected chi connectivity index (χ2v) is 5.30. The SMILES string of the molecule is Cl.NC(CNC(=O)c1cc2cc([N+](=O)[O-])ccc2o1)C1CC1. The second kappa shape index (κ2) is 6.33. The Kier molecular flexibility index (Phi) is 4.68. The van der Waals surface area contributed by atoms with Crippen molar-refractivity contribution in [3.05, 3.63) is 40.1 Å². The van der Waals surface area contributed by atoms with Crippen LogP contribution in [0.3, 0.4) is 0 Å². The summed E-state index contributed by atoms with van der Waals surface area (Å²) < 4.78 is 5.40. The molecule has 1 aromatic heterocycles. The van der Waals surface area contributed by atoms with Gasteiger partial charge in [0.2, 0.25) is 0 Å². The zero-order valence-electron chi connectivity index (χ0n) is 11.7. The Morgan fingerprint density at radius 1 is 1.45 bits per heavy atom. The Hall–Kier alpha value is -2.12. The van der Waals surface area contributed by atoms with Crippen molar-refractivity contribution in [1.29, 1.82) is 0 Å². The molecule has 1 aliphatic rings. The van der Waals surface area contributed by atoms with Crippen LogP contribution in [-0.4, -0.2) is 23.4 Å². The van der Waals surface area contributed by atoms with E-state index >= 15 is 0 Å². The number of fused-ring (bicyclic) bond motifs is 1. The van der Waals surface area contributed by atoms with Gasteiger partial charge in [-0.1, -0.05) is 0 Å². The van der Waals surface area contributed by atoms with Crippen molar-refractivity contribution in [2.24, 2.45) is 11.7 Å².